The van der Waals surface area contributed by atoms with Crippen LogP contribution in [-0.4, -0.2) is 19.5 Å². The summed E-state index contributed by atoms with van der Waals surface area (Å²) in [7, 11) is -2.18. The summed E-state index contributed by atoms with van der Waals surface area (Å²) in [5, 5.41) is 1.68. The maximum atomic E-state index is 13.3. The molecule has 0 fully saturated rings. The predicted octanol–water partition coefficient (Wildman–Crippen LogP) is 3.62. The van der Waals surface area contributed by atoms with Crippen molar-refractivity contribution >= 4 is 37.5 Å². The lowest BCUT2D eigenvalue weighted by molar-refractivity contribution is 0.415. The molecule has 25 heavy (non-hydrogen) atoms. The zero-order valence-corrected chi connectivity index (χ0v) is 14.3. The highest BCUT2D eigenvalue weighted by molar-refractivity contribution is 7.90. The Kier molecular flexibility index (Phi) is 3.43. The van der Waals surface area contributed by atoms with E-state index in [2.05, 4.69) is 0 Å². The van der Waals surface area contributed by atoms with Crippen molar-refractivity contribution in [3.05, 3.63) is 66.7 Å². The Labute approximate surface area is 145 Å². The van der Waals surface area contributed by atoms with Gasteiger partial charge in [0, 0.05) is 16.5 Å². The van der Waals surface area contributed by atoms with Crippen LogP contribution in [-0.2, 0) is 10.0 Å². The summed E-state index contributed by atoms with van der Waals surface area (Å²) in [5.74, 6) is 0.681. The minimum atomic E-state index is -3.76. The summed E-state index contributed by atoms with van der Waals surface area (Å²) in [6.45, 7) is 0. The molecular formula is C19H16N2O3S. The van der Waals surface area contributed by atoms with Crippen LogP contribution in [0.15, 0.2) is 71.6 Å². The lowest BCUT2D eigenvalue weighted by Gasteiger charge is -2.10. The Morgan fingerprint density at radius 3 is 2.28 bits per heavy atom. The molecule has 0 saturated heterocycles. The van der Waals surface area contributed by atoms with Crippen molar-refractivity contribution in [1.82, 2.24) is 3.97 Å². The van der Waals surface area contributed by atoms with E-state index in [1.54, 1.807) is 37.4 Å². The Hall–Kier alpha value is -2.99. The van der Waals surface area contributed by atoms with Crippen molar-refractivity contribution in [3.8, 4) is 5.75 Å². The van der Waals surface area contributed by atoms with Crippen molar-refractivity contribution < 1.29 is 13.2 Å². The second-order valence-corrected chi connectivity index (χ2v) is 7.53. The van der Waals surface area contributed by atoms with Gasteiger partial charge in [-0.2, -0.15) is 0 Å². The number of hydrogen-bond acceptors (Lipinski definition) is 4. The number of aromatic nitrogens is 1. The Morgan fingerprint density at radius 1 is 0.880 bits per heavy atom. The van der Waals surface area contributed by atoms with Crippen molar-refractivity contribution in [2.45, 2.75) is 4.90 Å². The molecule has 1 aromatic heterocycles. The monoisotopic (exact) mass is 352 g/mol. The van der Waals surface area contributed by atoms with Gasteiger partial charge in [-0.15, -0.1) is 0 Å². The predicted molar refractivity (Wildman–Crippen MR) is 99.4 cm³/mol. The fourth-order valence-corrected chi connectivity index (χ4v) is 4.57. The summed E-state index contributed by atoms with van der Waals surface area (Å²) in [4.78, 5) is 0.195. The van der Waals surface area contributed by atoms with Crippen LogP contribution in [0.3, 0.4) is 0 Å². The van der Waals surface area contributed by atoms with Gasteiger partial charge in [-0.1, -0.05) is 18.2 Å². The molecule has 0 radical (unpaired) electrons. The van der Waals surface area contributed by atoms with E-state index in [-0.39, 0.29) is 4.90 Å². The van der Waals surface area contributed by atoms with Gasteiger partial charge in [0.1, 0.15) is 5.75 Å². The molecule has 0 unspecified atom stereocenters. The van der Waals surface area contributed by atoms with Gasteiger partial charge in [0.15, 0.2) is 0 Å². The van der Waals surface area contributed by atoms with Crippen LogP contribution >= 0.6 is 0 Å². The molecular weight excluding hydrogens is 336 g/mol. The first kappa shape index (κ1) is 15.5. The molecule has 2 N–H and O–H groups in total. The molecule has 5 nitrogen and oxygen atoms in total. The van der Waals surface area contributed by atoms with Crippen molar-refractivity contribution in [1.29, 1.82) is 0 Å². The number of methoxy groups -OCH3 is 1. The number of hydrogen-bond donors (Lipinski definition) is 1. The van der Waals surface area contributed by atoms with Crippen LogP contribution in [0.1, 0.15) is 0 Å². The van der Waals surface area contributed by atoms with Crippen LogP contribution in [0.2, 0.25) is 0 Å². The molecule has 126 valence electrons. The maximum absolute atomic E-state index is 13.3. The Morgan fingerprint density at radius 2 is 1.56 bits per heavy atom. The van der Waals surface area contributed by atoms with E-state index < -0.39 is 10.0 Å². The fraction of sp³-hybridized carbons (Fsp3) is 0.0526. The standard InChI is InChI=1S/C19H16N2O3S/c1-24-14-8-11-19-17(12-14)16-4-2-3-5-18(16)21(19)25(22,23)15-9-6-13(20)7-10-15/h2-12H,20H2,1H3. The van der Waals surface area contributed by atoms with Crippen LogP contribution in [0.5, 0.6) is 5.75 Å². The summed E-state index contributed by atoms with van der Waals surface area (Å²) < 4.78 is 33.2. The average molecular weight is 352 g/mol. The van der Waals surface area contributed by atoms with Crippen LogP contribution in [0, 0.1) is 0 Å². The third kappa shape index (κ3) is 2.34. The van der Waals surface area contributed by atoms with Crippen LogP contribution in [0.25, 0.3) is 21.8 Å². The van der Waals surface area contributed by atoms with E-state index in [0.29, 0.717) is 22.5 Å². The Bertz CT molecular complexity index is 1190. The second kappa shape index (κ2) is 5.53. The minimum absolute atomic E-state index is 0.195. The second-order valence-electron chi connectivity index (χ2n) is 5.74. The topological polar surface area (TPSA) is 74.3 Å². The Balaban J connectivity index is 2.11. The molecule has 0 atom stereocenters. The highest BCUT2D eigenvalue weighted by Gasteiger charge is 2.23. The van der Waals surface area contributed by atoms with Gasteiger partial charge < -0.3 is 10.5 Å². The molecule has 1 heterocycles. The van der Waals surface area contributed by atoms with Crippen LogP contribution in [0.4, 0.5) is 5.69 Å². The molecule has 0 saturated carbocycles. The maximum Gasteiger partial charge on any atom is 0.268 e. The van der Waals surface area contributed by atoms with E-state index in [0.717, 1.165) is 10.8 Å². The molecule has 0 aliphatic carbocycles. The number of anilines is 1. The number of nitrogens with zero attached hydrogens (tertiary/aromatic N) is 1. The molecule has 0 bridgehead atoms. The van der Waals surface area contributed by atoms with Crippen LogP contribution < -0.4 is 10.5 Å². The first-order valence-corrected chi connectivity index (χ1v) is 9.15. The van der Waals surface area contributed by atoms with E-state index in [4.69, 9.17) is 10.5 Å². The van der Waals surface area contributed by atoms with Gasteiger partial charge in [-0.05, 0) is 48.5 Å². The molecule has 0 spiro atoms. The van der Waals surface area contributed by atoms with Gasteiger partial charge >= 0.3 is 0 Å². The number of benzene rings is 3. The third-order valence-electron chi connectivity index (χ3n) is 4.25. The highest BCUT2D eigenvalue weighted by Crippen LogP contribution is 2.34. The molecule has 0 aliphatic heterocycles. The van der Waals surface area contributed by atoms with E-state index in [9.17, 15) is 8.42 Å². The average Bonchev–Trinajstić information content (AvgIpc) is 2.96. The van der Waals surface area contributed by atoms with Crippen molar-refractivity contribution in [2.24, 2.45) is 0 Å². The van der Waals surface area contributed by atoms with Gasteiger partial charge in [0.05, 0.1) is 23.0 Å². The number of rotatable bonds is 3. The van der Waals surface area contributed by atoms with E-state index in [1.807, 2.05) is 24.3 Å². The van der Waals surface area contributed by atoms with Gasteiger partial charge in [0.25, 0.3) is 10.0 Å². The third-order valence-corrected chi connectivity index (χ3v) is 6.00. The number of para-hydroxylation sites is 1. The molecule has 0 amide bonds. The zero-order chi connectivity index (χ0) is 17.6. The fourth-order valence-electron chi connectivity index (χ4n) is 3.05. The quantitative estimate of drug-likeness (QED) is 0.572. The highest BCUT2D eigenvalue weighted by atomic mass is 32.2. The van der Waals surface area contributed by atoms with Gasteiger partial charge in [-0.25, -0.2) is 12.4 Å². The molecule has 3 aromatic carbocycles. The SMILES string of the molecule is COc1ccc2c(c1)c1ccccc1n2S(=O)(=O)c1ccc(N)cc1. The normalized spacial score (nSPS) is 11.9. The summed E-state index contributed by atoms with van der Waals surface area (Å²) in [5.41, 5.74) is 7.44. The zero-order valence-electron chi connectivity index (χ0n) is 13.5. The number of nitrogens with two attached hydrogens (primary N) is 1. The molecule has 4 rings (SSSR count). The smallest absolute Gasteiger partial charge is 0.268 e. The number of ether oxygens (including phenoxy) is 1. The summed E-state index contributed by atoms with van der Waals surface area (Å²) in [6.07, 6.45) is 0. The number of nitrogen functional groups attached to an aromatic ring is 1. The summed E-state index contributed by atoms with van der Waals surface area (Å²) >= 11 is 0. The largest absolute Gasteiger partial charge is 0.497 e. The molecule has 4 aromatic rings. The van der Waals surface area contributed by atoms with Crippen molar-refractivity contribution in [2.75, 3.05) is 12.8 Å². The first-order chi connectivity index (χ1) is 12.0. The lowest BCUT2D eigenvalue weighted by atomic mass is 10.1. The number of fused-ring (bicyclic) bond motifs is 3. The molecule has 6 heteroatoms. The lowest BCUT2D eigenvalue weighted by Crippen LogP contribution is -2.12. The minimum Gasteiger partial charge on any atom is -0.497 e. The first-order valence-electron chi connectivity index (χ1n) is 7.71. The van der Waals surface area contributed by atoms with Crippen molar-refractivity contribution in [3.63, 3.8) is 0 Å². The van der Waals surface area contributed by atoms with Gasteiger partial charge in [0.2, 0.25) is 0 Å². The van der Waals surface area contributed by atoms with E-state index >= 15 is 0 Å². The summed E-state index contributed by atoms with van der Waals surface area (Å²) in [6, 6.07) is 19.0. The molecule has 0 aliphatic rings. The van der Waals surface area contributed by atoms with Gasteiger partial charge in [-0.3, -0.25) is 0 Å². The van der Waals surface area contributed by atoms with E-state index in [1.165, 1.54) is 16.1 Å².